The second-order valence-electron chi connectivity index (χ2n) is 5.96. The van der Waals surface area contributed by atoms with Gasteiger partial charge in [0, 0.05) is 38.5 Å². The van der Waals surface area contributed by atoms with Gasteiger partial charge in [0.1, 0.15) is 5.82 Å². The summed E-state index contributed by atoms with van der Waals surface area (Å²) >= 11 is 0.960. The molecule has 2 rings (SSSR count). The summed E-state index contributed by atoms with van der Waals surface area (Å²) in [5.74, 6) is -0.166. The van der Waals surface area contributed by atoms with Gasteiger partial charge in [0.15, 0.2) is 11.7 Å². The van der Waals surface area contributed by atoms with Crippen LogP contribution >= 0.6 is 35.3 Å². The van der Waals surface area contributed by atoms with E-state index in [2.05, 4.69) is 25.9 Å². The summed E-state index contributed by atoms with van der Waals surface area (Å²) in [7, 11) is 1.56. The van der Waals surface area contributed by atoms with E-state index in [1.54, 1.807) is 19.2 Å². The fourth-order valence-electron chi connectivity index (χ4n) is 2.34. The second-order valence-corrected chi connectivity index (χ2v) is 6.90. The number of alkyl halides is 3. The highest BCUT2D eigenvalue weighted by molar-refractivity contribution is 14.0. The van der Waals surface area contributed by atoms with Crippen LogP contribution in [-0.4, -0.2) is 43.5 Å². The molecular formula is C18H22F4IN5OS. The van der Waals surface area contributed by atoms with Crippen molar-refractivity contribution in [3.63, 3.8) is 0 Å². The molecular weight excluding hydrogens is 537 g/mol. The van der Waals surface area contributed by atoms with Crippen molar-refractivity contribution >= 4 is 47.2 Å². The van der Waals surface area contributed by atoms with Crippen molar-refractivity contribution in [2.75, 3.05) is 26.7 Å². The highest BCUT2D eigenvalue weighted by Crippen LogP contribution is 2.29. The highest BCUT2D eigenvalue weighted by atomic mass is 127. The maximum absolute atomic E-state index is 13.1. The Morgan fingerprint density at radius 3 is 2.50 bits per heavy atom. The Morgan fingerprint density at radius 1 is 1.17 bits per heavy atom. The van der Waals surface area contributed by atoms with Crippen molar-refractivity contribution in [2.24, 2.45) is 4.99 Å². The van der Waals surface area contributed by atoms with Crippen LogP contribution in [0, 0.1) is 5.82 Å². The van der Waals surface area contributed by atoms with Gasteiger partial charge in [0.25, 0.3) is 0 Å². The van der Waals surface area contributed by atoms with E-state index in [1.165, 1.54) is 12.1 Å². The fraction of sp³-hybridized carbons (Fsp3) is 0.389. The zero-order valence-electron chi connectivity index (χ0n) is 16.1. The van der Waals surface area contributed by atoms with Crippen molar-refractivity contribution in [3.8, 4) is 0 Å². The van der Waals surface area contributed by atoms with Crippen molar-refractivity contribution in [1.29, 1.82) is 0 Å². The molecule has 0 aliphatic rings. The molecule has 30 heavy (non-hydrogen) atoms. The van der Waals surface area contributed by atoms with Crippen LogP contribution in [0.15, 0.2) is 34.6 Å². The first-order valence-corrected chi connectivity index (χ1v) is 9.63. The van der Waals surface area contributed by atoms with Crippen molar-refractivity contribution in [2.45, 2.75) is 19.0 Å². The molecule has 1 aromatic heterocycles. The number of halogens is 5. The number of hydrogen-bond donors (Lipinski definition) is 3. The van der Waals surface area contributed by atoms with Gasteiger partial charge < -0.3 is 16.0 Å². The number of nitrogens with zero attached hydrogens (tertiary/aromatic N) is 2. The van der Waals surface area contributed by atoms with Gasteiger partial charge in [-0.25, -0.2) is 9.37 Å². The number of carbonyl (C=O) groups excluding carboxylic acids is 1. The summed E-state index contributed by atoms with van der Waals surface area (Å²) in [4.78, 5) is 19.4. The standard InChI is InChI=1S/C18H21F4N5OS.HI/c1-23-17(25-6-5-16-27-14(11-29-16)18(20,21)22)26-8-7-24-15(28)10-12-3-2-4-13(19)9-12;/h2-4,9,11H,5-8,10H2,1H3,(H,24,28)(H2,23,25,26);1H. The number of nitrogens with one attached hydrogen (secondary N) is 3. The van der Waals surface area contributed by atoms with Crippen LogP contribution in [0.3, 0.4) is 0 Å². The van der Waals surface area contributed by atoms with E-state index in [0.717, 1.165) is 16.7 Å². The first kappa shape index (κ1) is 26.1. The monoisotopic (exact) mass is 559 g/mol. The lowest BCUT2D eigenvalue weighted by Gasteiger charge is -2.12. The summed E-state index contributed by atoms with van der Waals surface area (Å²) < 4.78 is 50.7. The van der Waals surface area contributed by atoms with Gasteiger partial charge in [-0.05, 0) is 17.7 Å². The molecule has 6 nitrogen and oxygen atoms in total. The number of guanidine groups is 1. The molecule has 0 bridgehead atoms. The van der Waals surface area contributed by atoms with Gasteiger partial charge in [0.05, 0.1) is 11.4 Å². The number of thiazole rings is 1. The average Bonchev–Trinajstić information content (AvgIpc) is 3.13. The number of hydrogen-bond acceptors (Lipinski definition) is 4. The van der Waals surface area contributed by atoms with E-state index in [-0.39, 0.29) is 42.1 Å². The van der Waals surface area contributed by atoms with Gasteiger partial charge in [-0.1, -0.05) is 12.1 Å². The van der Waals surface area contributed by atoms with Gasteiger partial charge >= 0.3 is 6.18 Å². The molecule has 0 unspecified atom stereocenters. The Labute approximate surface area is 192 Å². The Morgan fingerprint density at radius 2 is 1.87 bits per heavy atom. The molecule has 0 spiro atoms. The number of rotatable bonds is 8. The van der Waals surface area contributed by atoms with Gasteiger partial charge in [0.2, 0.25) is 5.91 Å². The molecule has 2 aromatic rings. The predicted molar refractivity (Wildman–Crippen MR) is 119 cm³/mol. The topological polar surface area (TPSA) is 78.4 Å². The maximum Gasteiger partial charge on any atom is 0.434 e. The fourth-order valence-corrected chi connectivity index (χ4v) is 3.15. The number of benzene rings is 1. The molecule has 0 aliphatic heterocycles. The summed E-state index contributed by atoms with van der Waals surface area (Å²) in [5, 5.41) is 10.0. The molecule has 0 fully saturated rings. The molecule has 0 radical (unpaired) electrons. The van der Waals surface area contributed by atoms with Crippen LogP contribution in [0.25, 0.3) is 0 Å². The maximum atomic E-state index is 13.1. The summed E-state index contributed by atoms with van der Waals surface area (Å²) in [6, 6.07) is 5.84. The molecule has 1 amide bonds. The molecule has 166 valence electrons. The quantitative estimate of drug-likeness (QED) is 0.153. The van der Waals surface area contributed by atoms with Gasteiger partial charge in [-0.15, -0.1) is 35.3 Å². The largest absolute Gasteiger partial charge is 0.434 e. The highest BCUT2D eigenvalue weighted by Gasteiger charge is 2.33. The lowest BCUT2D eigenvalue weighted by atomic mass is 10.1. The smallest absolute Gasteiger partial charge is 0.356 e. The van der Waals surface area contributed by atoms with Crippen LogP contribution in [-0.2, 0) is 23.8 Å². The number of aliphatic imine (C=N–C) groups is 1. The molecule has 12 heteroatoms. The average molecular weight is 559 g/mol. The number of carbonyl (C=O) groups is 1. The number of aromatic nitrogens is 1. The zero-order chi connectivity index (χ0) is 21.3. The Kier molecular flexibility index (Phi) is 11.0. The third kappa shape index (κ3) is 9.24. The SMILES string of the molecule is CN=C(NCCNC(=O)Cc1cccc(F)c1)NCCc1nc(C(F)(F)F)cs1.I. The minimum absolute atomic E-state index is 0. The third-order valence-corrected chi connectivity index (χ3v) is 4.60. The van der Waals surface area contributed by atoms with E-state index < -0.39 is 11.9 Å². The van der Waals surface area contributed by atoms with E-state index in [1.807, 2.05) is 0 Å². The van der Waals surface area contributed by atoms with Crippen LogP contribution in [0.4, 0.5) is 17.6 Å². The summed E-state index contributed by atoms with van der Waals surface area (Å²) in [6.07, 6.45) is -4.02. The van der Waals surface area contributed by atoms with Crippen LogP contribution in [0.1, 0.15) is 16.3 Å². The Bertz CT molecular complexity index is 844. The second kappa shape index (κ2) is 12.7. The summed E-state index contributed by atoms with van der Waals surface area (Å²) in [5.41, 5.74) is -0.294. The molecule has 0 saturated carbocycles. The van der Waals surface area contributed by atoms with Crippen LogP contribution in [0.5, 0.6) is 0 Å². The van der Waals surface area contributed by atoms with Crippen molar-refractivity contribution in [1.82, 2.24) is 20.9 Å². The van der Waals surface area contributed by atoms with E-state index in [4.69, 9.17) is 0 Å². The molecule has 0 saturated heterocycles. The molecule has 1 heterocycles. The minimum atomic E-state index is -4.43. The Balaban J connectivity index is 0.00000450. The third-order valence-electron chi connectivity index (χ3n) is 3.69. The van der Waals surface area contributed by atoms with Crippen LogP contribution in [0.2, 0.25) is 0 Å². The molecule has 3 N–H and O–H groups in total. The van der Waals surface area contributed by atoms with Gasteiger partial charge in [-0.3, -0.25) is 9.79 Å². The van der Waals surface area contributed by atoms with E-state index in [0.29, 0.717) is 42.6 Å². The normalized spacial score (nSPS) is 11.6. The van der Waals surface area contributed by atoms with Crippen molar-refractivity contribution < 1.29 is 22.4 Å². The van der Waals surface area contributed by atoms with Gasteiger partial charge in [-0.2, -0.15) is 13.2 Å². The molecule has 0 atom stereocenters. The first-order valence-electron chi connectivity index (χ1n) is 8.75. The molecule has 0 aliphatic carbocycles. The van der Waals surface area contributed by atoms with Crippen LogP contribution < -0.4 is 16.0 Å². The molecule has 1 aromatic carbocycles. The predicted octanol–water partition coefficient (Wildman–Crippen LogP) is 2.99. The first-order chi connectivity index (χ1) is 13.8. The van der Waals surface area contributed by atoms with E-state index in [9.17, 15) is 22.4 Å². The lowest BCUT2D eigenvalue weighted by molar-refractivity contribution is -0.140. The van der Waals surface area contributed by atoms with E-state index >= 15 is 0 Å². The number of amides is 1. The lowest BCUT2D eigenvalue weighted by Crippen LogP contribution is -2.42. The minimum Gasteiger partial charge on any atom is -0.356 e. The Hall–Kier alpha value is -1.96. The zero-order valence-corrected chi connectivity index (χ0v) is 19.2. The summed E-state index contributed by atoms with van der Waals surface area (Å²) in [6.45, 7) is 1.08. The van der Waals surface area contributed by atoms with Crippen molar-refractivity contribution in [3.05, 3.63) is 51.7 Å².